The second-order valence-electron chi connectivity index (χ2n) is 3.80. The monoisotopic (exact) mass is 228 g/mol. The van der Waals surface area contributed by atoms with Gasteiger partial charge in [-0.05, 0) is 0 Å². The van der Waals surface area contributed by atoms with Gasteiger partial charge in [-0.3, -0.25) is 0 Å². The number of hydrogen-bond donors (Lipinski definition) is 1. The zero-order chi connectivity index (χ0) is 11.8. The summed E-state index contributed by atoms with van der Waals surface area (Å²) in [6.07, 6.45) is 1.70. The molecular weight excluding hydrogens is 208 g/mol. The summed E-state index contributed by atoms with van der Waals surface area (Å²) in [7, 11) is 1.65. The summed E-state index contributed by atoms with van der Waals surface area (Å²) in [4.78, 5) is 4.15. The van der Waals surface area contributed by atoms with Crippen LogP contribution >= 0.6 is 0 Å². The predicted octanol–water partition coefficient (Wildman–Crippen LogP) is 1.34. The third kappa shape index (κ3) is 5.25. The standard InChI is InChI=1S/C11H20N2O3/c1-9(2)12-7-11-13-6-10(16-11)8-15-5-4-14-3/h6,9,12H,4-5,7-8H2,1-3H3. The minimum Gasteiger partial charge on any atom is -0.442 e. The molecule has 1 aromatic rings. The summed E-state index contributed by atoms with van der Waals surface area (Å²) in [6.45, 7) is 6.41. The number of ether oxygens (including phenoxy) is 2. The Morgan fingerprint density at radius 2 is 2.25 bits per heavy atom. The van der Waals surface area contributed by atoms with Crippen LogP contribution in [0, 0.1) is 0 Å². The van der Waals surface area contributed by atoms with Gasteiger partial charge in [-0.25, -0.2) is 4.98 Å². The Labute approximate surface area is 96.1 Å². The highest BCUT2D eigenvalue weighted by atomic mass is 16.5. The summed E-state index contributed by atoms with van der Waals surface area (Å²) < 4.78 is 15.7. The molecule has 92 valence electrons. The molecule has 0 aliphatic heterocycles. The van der Waals surface area contributed by atoms with Crippen LogP contribution in [0.5, 0.6) is 0 Å². The largest absolute Gasteiger partial charge is 0.442 e. The van der Waals surface area contributed by atoms with Crippen LogP contribution in [0.1, 0.15) is 25.5 Å². The molecule has 0 saturated heterocycles. The van der Waals surface area contributed by atoms with E-state index in [1.807, 2.05) is 0 Å². The number of nitrogens with one attached hydrogen (secondary N) is 1. The molecular formula is C11H20N2O3. The fourth-order valence-electron chi connectivity index (χ4n) is 1.10. The van der Waals surface area contributed by atoms with Gasteiger partial charge in [-0.1, -0.05) is 13.8 Å². The Morgan fingerprint density at radius 1 is 1.44 bits per heavy atom. The van der Waals surface area contributed by atoms with Gasteiger partial charge in [-0.15, -0.1) is 0 Å². The molecule has 0 amide bonds. The molecule has 0 aliphatic carbocycles. The Hall–Kier alpha value is -0.910. The van der Waals surface area contributed by atoms with Crippen LogP contribution in [0.3, 0.4) is 0 Å². The van der Waals surface area contributed by atoms with Crippen molar-refractivity contribution >= 4 is 0 Å². The van der Waals surface area contributed by atoms with Crippen LogP contribution in [0.4, 0.5) is 0 Å². The van der Waals surface area contributed by atoms with Gasteiger partial charge < -0.3 is 19.2 Å². The third-order valence-electron chi connectivity index (χ3n) is 1.94. The van der Waals surface area contributed by atoms with E-state index < -0.39 is 0 Å². The molecule has 0 spiro atoms. The molecule has 0 bridgehead atoms. The zero-order valence-corrected chi connectivity index (χ0v) is 10.2. The van der Waals surface area contributed by atoms with E-state index in [1.165, 1.54) is 0 Å². The normalized spacial score (nSPS) is 11.2. The highest BCUT2D eigenvalue weighted by Gasteiger charge is 2.04. The number of hydrogen-bond acceptors (Lipinski definition) is 5. The Balaban J connectivity index is 2.22. The number of oxazole rings is 1. The second kappa shape index (κ2) is 7.38. The second-order valence-corrected chi connectivity index (χ2v) is 3.80. The van der Waals surface area contributed by atoms with Crippen LogP contribution in [0.15, 0.2) is 10.6 Å². The summed E-state index contributed by atoms with van der Waals surface area (Å²) in [5.74, 6) is 1.44. The van der Waals surface area contributed by atoms with E-state index in [0.717, 1.165) is 5.76 Å². The van der Waals surface area contributed by atoms with Crippen LogP contribution in [-0.4, -0.2) is 31.3 Å². The van der Waals surface area contributed by atoms with Crippen molar-refractivity contribution in [1.82, 2.24) is 10.3 Å². The maximum Gasteiger partial charge on any atom is 0.208 e. The molecule has 0 radical (unpaired) electrons. The fraction of sp³-hybridized carbons (Fsp3) is 0.727. The van der Waals surface area contributed by atoms with E-state index in [9.17, 15) is 0 Å². The molecule has 1 N–H and O–H groups in total. The van der Waals surface area contributed by atoms with Gasteiger partial charge in [0.15, 0.2) is 0 Å². The Bertz CT molecular complexity index is 287. The van der Waals surface area contributed by atoms with Gasteiger partial charge in [0.25, 0.3) is 0 Å². The van der Waals surface area contributed by atoms with Crippen molar-refractivity contribution in [2.45, 2.75) is 33.0 Å². The molecule has 5 heteroatoms. The van der Waals surface area contributed by atoms with E-state index in [-0.39, 0.29) is 0 Å². The smallest absolute Gasteiger partial charge is 0.208 e. The van der Waals surface area contributed by atoms with Crippen molar-refractivity contribution in [3.8, 4) is 0 Å². The van der Waals surface area contributed by atoms with Crippen LogP contribution < -0.4 is 5.32 Å². The van der Waals surface area contributed by atoms with Crippen molar-refractivity contribution in [2.75, 3.05) is 20.3 Å². The zero-order valence-electron chi connectivity index (χ0n) is 10.2. The third-order valence-corrected chi connectivity index (χ3v) is 1.94. The van der Waals surface area contributed by atoms with E-state index in [2.05, 4.69) is 24.1 Å². The molecule has 16 heavy (non-hydrogen) atoms. The van der Waals surface area contributed by atoms with Gasteiger partial charge in [0, 0.05) is 13.2 Å². The first-order chi connectivity index (χ1) is 7.72. The average molecular weight is 228 g/mol. The first kappa shape index (κ1) is 13.2. The molecule has 0 fully saturated rings. The van der Waals surface area contributed by atoms with Crippen molar-refractivity contribution in [1.29, 1.82) is 0 Å². The van der Waals surface area contributed by atoms with Crippen LogP contribution in [0.2, 0.25) is 0 Å². The number of methoxy groups -OCH3 is 1. The molecule has 1 rings (SSSR count). The maximum atomic E-state index is 5.47. The molecule has 0 saturated carbocycles. The topological polar surface area (TPSA) is 56.5 Å². The summed E-state index contributed by atoms with van der Waals surface area (Å²) >= 11 is 0. The van der Waals surface area contributed by atoms with Gasteiger partial charge in [0.05, 0.1) is 26.0 Å². The highest BCUT2D eigenvalue weighted by molar-refractivity contribution is 4.92. The van der Waals surface area contributed by atoms with Gasteiger partial charge in [0.2, 0.25) is 5.89 Å². The summed E-state index contributed by atoms with van der Waals surface area (Å²) in [5, 5.41) is 3.23. The summed E-state index contributed by atoms with van der Waals surface area (Å²) in [5.41, 5.74) is 0. The van der Waals surface area contributed by atoms with E-state index in [1.54, 1.807) is 13.3 Å². The van der Waals surface area contributed by atoms with Crippen LogP contribution in [-0.2, 0) is 22.6 Å². The molecule has 0 atom stereocenters. The molecule has 0 aromatic carbocycles. The van der Waals surface area contributed by atoms with Crippen molar-refractivity contribution in [3.05, 3.63) is 17.8 Å². The lowest BCUT2D eigenvalue weighted by Gasteiger charge is -2.04. The summed E-state index contributed by atoms with van der Waals surface area (Å²) in [6, 6.07) is 0.424. The lowest BCUT2D eigenvalue weighted by Crippen LogP contribution is -2.21. The molecule has 1 aromatic heterocycles. The quantitative estimate of drug-likeness (QED) is 0.680. The van der Waals surface area contributed by atoms with Gasteiger partial charge >= 0.3 is 0 Å². The van der Waals surface area contributed by atoms with E-state index in [0.29, 0.717) is 38.3 Å². The number of nitrogens with zero attached hydrogens (tertiary/aromatic N) is 1. The van der Waals surface area contributed by atoms with Crippen molar-refractivity contribution in [3.63, 3.8) is 0 Å². The first-order valence-corrected chi connectivity index (χ1v) is 5.46. The van der Waals surface area contributed by atoms with Gasteiger partial charge in [0.1, 0.15) is 12.4 Å². The molecule has 0 unspecified atom stereocenters. The lowest BCUT2D eigenvalue weighted by molar-refractivity contribution is 0.0533. The van der Waals surface area contributed by atoms with Crippen molar-refractivity contribution < 1.29 is 13.9 Å². The minimum absolute atomic E-state index is 0.424. The SMILES string of the molecule is COCCOCc1cnc(CNC(C)C)o1. The number of aromatic nitrogens is 1. The van der Waals surface area contributed by atoms with Crippen molar-refractivity contribution in [2.24, 2.45) is 0 Å². The average Bonchev–Trinajstić information content (AvgIpc) is 2.70. The fourth-order valence-corrected chi connectivity index (χ4v) is 1.10. The Kier molecular flexibility index (Phi) is 6.07. The molecule has 1 heterocycles. The minimum atomic E-state index is 0.424. The lowest BCUT2D eigenvalue weighted by atomic mass is 10.4. The predicted molar refractivity (Wildman–Crippen MR) is 60.0 cm³/mol. The molecule has 5 nitrogen and oxygen atoms in total. The number of rotatable bonds is 8. The first-order valence-electron chi connectivity index (χ1n) is 5.46. The Morgan fingerprint density at radius 3 is 2.94 bits per heavy atom. The van der Waals surface area contributed by atoms with Gasteiger partial charge in [-0.2, -0.15) is 0 Å². The van der Waals surface area contributed by atoms with E-state index >= 15 is 0 Å². The maximum absolute atomic E-state index is 5.47. The highest BCUT2D eigenvalue weighted by Crippen LogP contribution is 2.05. The molecule has 0 aliphatic rings. The van der Waals surface area contributed by atoms with E-state index in [4.69, 9.17) is 13.9 Å². The van der Waals surface area contributed by atoms with Crippen LogP contribution in [0.25, 0.3) is 0 Å².